The molecule has 1 heterocycles. The Hall–Kier alpha value is -2.23. The summed E-state index contributed by atoms with van der Waals surface area (Å²) in [5.74, 6) is 0. The highest BCUT2D eigenvalue weighted by Gasteiger charge is 2.33. The van der Waals surface area contributed by atoms with Crippen molar-refractivity contribution >= 4 is 29.1 Å². The van der Waals surface area contributed by atoms with Crippen LogP contribution in [-0.4, -0.2) is 16.6 Å². The fourth-order valence-electron chi connectivity index (χ4n) is 2.28. The minimum atomic E-state index is -3.52. The lowest BCUT2D eigenvalue weighted by atomic mass is 10.3. The van der Waals surface area contributed by atoms with Crippen molar-refractivity contribution in [2.24, 2.45) is 0 Å². The first kappa shape index (κ1) is 14.7. The Morgan fingerprint density at radius 2 is 1.77 bits per heavy atom. The lowest BCUT2D eigenvalue weighted by Crippen LogP contribution is -2.34. The molecule has 0 aliphatic heterocycles. The molecule has 3 aromatic rings. The predicted octanol–water partition coefficient (Wildman–Crippen LogP) is 2.19. The van der Waals surface area contributed by atoms with Crippen LogP contribution in [0.2, 0.25) is 0 Å². The number of para-hydroxylation sites is 2. The SMILES string of the molecule is CCOP(=O)(c1ccccc1)c1nc2ccccc2[nH]c1=O. The number of hydrogen-bond acceptors (Lipinski definition) is 4. The van der Waals surface area contributed by atoms with Gasteiger partial charge in [0.1, 0.15) is 0 Å². The number of aromatic amines is 1. The fraction of sp³-hybridized carbons (Fsp3) is 0.125. The van der Waals surface area contributed by atoms with Crippen molar-refractivity contribution in [2.75, 3.05) is 6.61 Å². The van der Waals surface area contributed by atoms with Crippen LogP contribution in [0.5, 0.6) is 0 Å². The molecule has 1 N–H and O–H groups in total. The second kappa shape index (κ2) is 5.87. The largest absolute Gasteiger partial charge is 0.321 e. The molecule has 3 rings (SSSR count). The van der Waals surface area contributed by atoms with E-state index in [0.717, 1.165) is 0 Å². The molecule has 0 spiro atoms. The van der Waals surface area contributed by atoms with Crippen molar-refractivity contribution in [1.82, 2.24) is 9.97 Å². The number of H-pyrrole nitrogens is 1. The van der Waals surface area contributed by atoms with Gasteiger partial charge in [0.25, 0.3) is 12.9 Å². The van der Waals surface area contributed by atoms with E-state index in [1.807, 2.05) is 12.1 Å². The zero-order chi connectivity index (χ0) is 15.6. The van der Waals surface area contributed by atoms with E-state index in [4.69, 9.17) is 4.52 Å². The van der Waals surface area contributed by atoms with Crippen LogP contribution in [0.25, 0.3) is 11.0 Å². The van der Waals surface area contributed by atoms with E-state index in [1.165, 1.54) is 0 Å². The van der Waals surface area contributed by atoms with Gasteiger partial charge in [0, 0.05) is 5.30 Å². The van der Waals surface area contributed by atoms with Gasteiger partial charge in [-0.1, -0.05) is 30.3 Å². The molecule has 0 saturated carbocycles. The highest BCUT2D eigenvalue weighted by Crippen LogP contribution is 2.42. The standard InChI is InChI=1S/C16H15N2O3P/c1-2-21-22(20,12-8-4-3-5-9-12)16-15(19)17-13-10-6-7-11-14(13)18-16/h3-11H,2H2,1H3,(H,17,19). The number of nitrogens with one attached hydrogen (secondary N) is 1. The van der Waals surface area contributed by atoms with Crippen molar-refractivity contribution < 1.29 is 9.09 Å². The minimum Gasteiger partial charge on any atom is -0.321 e. The summed E-state index contributed by atoms with van der Waals surface area (Å²) in [6.07, 6.45) is 0. The Balaban J connectivity index is 2.28. The summed E-state index contributed by atoms with van der Waals surface area (Å²) < 4.78 is 18.9. The van der Waals surface area contributed by atoms with Crippen molar-refractivity contribution in [3.05, 3.63) is 65.0 Å². The quantitative estimate of drug-likeness (QED) is 0.749. The molecule has 0 bridgehead atoms. The van der Waals surface area contributed by atoms with Crippen LogP contribution in [0.15, 0.2) is 59.4 Å². The van der Waals surface area contributed by atoms with Gasteiger partial charge in [-0.05, 0) is 31.2 Å². The zero-order valence-electron chi connectivity index (χ0n) is 12.0. The Bertz CT molecular complexity index is 906. The molecule has 0 aliphatic rings. The van der Waals surface area contributed by atoms with Gasteiger partial charge in [-0.25, -0.2) is 4.98 Å². The summed E-state index contributed by atoms with van der Waals surface area (Å²) in [6.45, 7) is 1.96. The van der Waals surface area contributed by atoms with Gasteiger partial charge in [-0.15, -0.1) is 0 Å². The number of benzene rings is 2. The molecular weight excluding hydrogens is 299 g/mol. The van der Waals surface area contributed by atoms with Crippen LogP contribution in [0.1, 0.15) is 6.92 Å². The smallest absolute Gasteiger partial charge is 0.284 e. The third-order valence-electron chi connectivity index (χ3n) is 3.27. The normalized spacial score (nSPS) is 13.9. The monoisotopic (exact) mass is 314 g/mol. The first-order chi connectivity index (χ1) is 10.6. The van der Waals surface area contributed by atoms with Gasteiger partial charge < -0.3 is 9.51 Å². The van der Waals surface area contributed by atoms with Crippen molar-refractivity contribution in [2.45, 2.75) is 6.92 Å². The Morgan fingerprint density at radius 1 is 1.09 bits per heavy atom. The van der Waals surface area contributed by atoms with Gasteiger partial charge in [-0.3, -0.25) is 9.36 Å². The highest BCUT2D eigenvalue weighted by atomic mass is 31.2. The lowest BCUT2D eigenvalue weighted by molar-refractivity contribution is 0.347. The topological polar surface area (TPSA) is 72.0 Å². The number of hydrogen-bond donors (Lipinski definition) is 1. The summed E-state index contributed by atoms with van der Waals surface area (Å²) >= 11 is 0. The second-order valence-corrected chi connectivity index (χ2v) is 7.01. The zero-order valence-corrected chi connectivity index (χ0v) is 12.9. The van der Waals surface area contributed by atoms with Crippen LogP contribution in [0.4, 0.5) is 0 Å². The fourth-order valence-corrected chi connectivity index (χ4v) is 4.29. The summed E-state index contributed by atoms with van der Waals surface area (Å²) in [5.41, 5.74) is 0.624. The lowest BCUT2D eigenvalue weighted by Gasteiger charge is -2.17. The van der Waals surface area contributed by atoms with Gasteiger partial charge in [0.05, 0.1) is 17.6 Å². The van der Waals surface area contributed by atoms with Gasteiger partial charge in [-0.2, -0.15) is 0 Å². The van der Waals surface area contributed by atoms with E-state index in [9.17, 15) is 9.36 Å². The predicted molar refractivity (Wildman–Crippen MR) is 87.3 cm³/mol. The average molecular weight is 314 g/mol. The maximum atomic E-state index is 13.4. The first-order valence-corrected chi connectivity index (χ1v) is 8.57. The Kier molecular flexibility index (Phi) is 3.92. The van der Waals surface area contributed by atoms with E-state index in [1.54, 1.807) is 49.4 Å². The molecule has 1 unspecified atom stereocenters. The summed E-state index contributed by atoms with van der Waals surface area (Å²) in [4.78, 5) is 19.4. The van der Waals surface area contributed by atoms with Gasteiger partial charge >= 0.3 is 0 Å². The maximum absolute atomic E-state index is 13.4. The van der Waals surface area contributed by atoms with E-state index >= 15 is 0 Å². The average Bonchev–Trinajstić information content (AvgIpc) is 2.55. The summed E-state index contributed by atoms with van der Waals surface area (Å²) in [5, 5.41) is 0.463. The number of fused-ring (bicyclic) bond motifs is 1. The minimum absolute atomic E-state index is 0.0701. The van der Waals surface area contributed by atoms with Crippen LogP contribution in [0, 0.1) is 0 Å². The van der Waals surface area contributed by atoms with Crippen molar-refractivity contribution in [3.8, 4) is 0 Å². The van der Waals surface area contributed by atoms with Crippen LogP contribution in [0.3, 0.4) is 0 Å². The van der Waals surface area contributed by atoms with Gasteiger partial charge in [0.15, 0.2) is 5.44 Å². The molecule has 112 valence electrons. The molecule has 22 heavy (non-hydrogen) atoms. The second-order valence-electron chi connectivity index (χ2n) is 4.71. The van der Waals surface area contributed by atoms with Gasteiger partial charge in [0.2, 0.25) is 0 Å². The molecular formula is C16H15N2O3P. The van der Waals surface area contributed by atoms with E-state index in [2.05, 4.69) is 9.97 Å². The molecule has 1 atom stereocenters. The molecule has 5 nitrogen and oxygen atoms in total. The molecule has 2 aromatic carbocycles. The molecule has 0 radical (unpaired) electrons. The molecule has 6 heteroatoms. The number of aromatic nitrogens is 2. The third kappa shape index (κ3) is 2.49. The molecule has 0 amide bonds. The van der Waals surface area contributed by atoms with E-state index in [-0.39, 0.29) is 12.0 Å². The molecule has 0 fully saturated rings. The Labute approximate surface area is 127 Å². The highest BCUT2D eigenvalue weighted by molar-refractivity contribution is 7.74. The number of rotatable bonds is 4. The number of nitrogens with zero attached hydrogens (tertiary/aromatic N) is 1. The Morgan fingerprint density at radius 3 is 2.50 bits per heavy atom. The summed E-state index contributed by atoms with van der Waals surface area (Å²) in [7, 11) is -3.52. The summed E-state index contributed by atoms with van der Waals surface area (Å²) in [6, 6.07) is 15.8. The van der Waals surface area contributed by atoms with E-state index in [0.29, 0.717) is 16.3 Å². The molecule has 0 saturated heterocycles. The van der Waals surface area contributed by atoms with E-state index < -0.39 is 12.9 Å². The molecule has 0 aliphatic carbocycles. The van der Waals surface area contributed by atoms with Crippen molar-refractivity contribution in [3.63, 3.8) is 0 Å². The van der Waals surface area contributed by atoms with Crippen LogP contribution >= 0.6 is 7.37 Å². The van der Waals surface area contributed by atoms with Crippen LogP contribution in [-0.2, 0) is 9.09 Å². The maximum Gasteiger partial charge on any atom is 0.284 e. The van der Waals surface area contributed by atoms with Crippen molar-refractivity contribution in [1.29, 1.82) is 0 Å². The molecule has 1 aromatic heterocycles. The third-order valence-corrected chi connectivity index (χ3v) is 5.73. The first-order valence-electron chi connectivity index (χ1n) is 6.95. The van der Waals surface area contributed by atoms with Crippen LogP contribution < -0.4 is 16.3 Å².